The van der Waals surface area contributed by atoms with Crippen molar-refractivity contribution < 1.29 is 14.2 Å². The molecule has 0 amide bonds. The first kappa shape index (κ1) is 23.9. The van der Waals surface area contributed by atoms with E-state index in [1.165, 1.54) is 5.56 Å². The van der Waals surface area contributed by atoms with Crippen molar-refractivity contribution in [3.05, 3.63) is 53.6 Å². The maximum Gasteiger partial charge on any atom is 0.191 e. The van der Waals surface area contributed by atoms with Gasteiger partial charge in [0.2, 0.25) is 0 Å². The lowest BCUT2D eigenvalue weighted by Crippen LogP contribution is -2.37. The molecule has 2 aromatic rings. The second-order valence-electron chi connectivity index (χ2n) is 5.83. The van der Waals surface area contributed by atoms with Gasteiger partial charge in [-0.1, -0.05) is 24.3 Å². The zero-order valence-corrected chi connectivity index (χ0v) is 19.3. The molecular weight excluding hydrogens is 469 g/mol. The summed E-state index contributed by atoms with van der Waals surface area (Å²) < 4.78 is 16.3. The van der Waals surface area contributed by atoms with Crippen molar-refractivity contribution in [2.45, 2.75) is 19.9 Å². The molecular formula is C21H30IN3O3. The molecule has 0 saturated carbocycles. The highest BCUT2D eigenvalue weighted by Crippen LogP contribution is 2.27. The Morgan fingerprint density at radius 1 is 0.964 bits per heavy atom. The van der Waals surface area contributed by atoms with Crippen LogP contribution in [0.3, 0.4) is 0 Å². The highest BCUT2D eigenvalue weighted by Gasteiger charge is 2.06. The average molecular weight is 499 g/mol. The first-order valence-electron chi connectivity index (χ1n) is 9.08. The topological polar surface area (TPSA) is 64.1 Å². The zero-order valence-electron chi connectivity index (χ0n) is 17.0. The van der Waals surface area contributed by atoms with E-state index in [0.29, 0.717) is 13.2 Å². The van der Waals surface area contributed by atoms with Crippen LogP contribution in [0.25, 0.3) is 0 Å². The van der Waals surface area contributed by atoms with Gasteiger partial charge in [0, 0.05) is 20.1 Å². The molecule has 0 aliphatic carbocycles. The van der Waals surface area contributed by atoms with Crippen LogP contribution in [-0.2, 0) is 13.0 Å². The third-order valence-electron chi connectivity index (χ3n) is 4.09. The predicted molar refractivity (Wildman–Crippen MR) is 124 cm³/mol. The first-order chi connectivity index (χ1) is 13.2. The monoisotopic (exact) mass is 499 g/mol. The molecule has 0 radical (unpaired) electrons. The number of nitrogens with one attached hydrogen (secondary N) is 2. The Bertz CT molecular complexity index is 753. The van der Waals surface area contributed by atoms with E-state index in [4.69, 9.17) is 14.2 Å². The molecule has 28 heavy (non-hydrogen) atoms. The number of methoxy groups -OCH3 is 2. The van der Waals surface area contributed by atoms with Gasteiger partial charge in [-0.15, -0.1) is 24.0 Å². The third-order valence-corrected chi connectivity index (χ3v) is 4.09. The van der Waals surface area contributed by atoms with Crippen molar-refractivity contribution >= 4 is 29.9 Å². The summed E-state index contributed by atoms with van der Waals surface area (Å²) in [6.45, 7) is 3.95. The molecule has 0 aliphatic heterocycles. The molecule has 0 aliphatic rings. The van der Waals surface area contributed by atoms with Crippen LogP contribution in [0.5, 0.6) is 17.2 Å². The fourth-order valence-electron chi connectivity index (χ4n) is 2.73. The lowest BCUT2D eigenvalue weighted by atomic mass is 10.1. The molecule has 2 N–H and O–H groups in total. The number of hydrogen-bond acceptors (Lipinski definition) is 4. The van der Waals surface area contributed by atoms with Gasteiger partial charge in [0.15, 0.2) is 17.5 Å². The predicted octanol–water partition coefficient (Wildman–Crippen LogP) is 3.63. The Morgan fingerprint density at radius 2 is 1.71 bits per heavy atom. The summed E-state index contributed by atoms with van der Waals surface area (Å²) in [5.74, 6) is 3.14. The van der Waals surface area contributed by atoms with E-state index >= 15 is 0 Å². The van der Waals surface area contributed by atoms with E-state index in [1.807, 2.05) is 43.3 Å². The minimum absolute atomic E-state index is 0. The van der Waals surface area contributed by atoms with Crippen molar-refractivity contribution in [1.82, 2.24) is 10.6 Å². The van der Waals surface area contributed by atoms with Crippen molar-refractivity contribution in [2.24, 2.45) is 4.99 Å². The number of aliphatic imine (C=N–C) groups is 1. The number of rotatable bonds is 9. The van der Waals surface area contributed by atoms with Gasteiger partial charge < -0.3 is 24.8 Å². The molecule has 0 saturated heterocycles. The Labute approximate surface area is 184 Å². The fourth-order valence-corrected chi connectivity index (χ4v) is 2.73. The van der Waals surface area contributed by atoms with Crippen LogP contribution >= 0.6 is 24.0 Å². The largest absolute Gasteiger partial charge is 0.496 e. The summed E-state index contributed by atoms with van der Waals surface area (Å²) in [5.41, 5.74) is 2.26. The van der Waals surface area contributed by atoms with Gasteiger partial charge in [-0.3, -0.25) is 4.99 Å². The molecule has 0 bridgehead atoms. The Hall–Kier alpha value is -2.16. The molecule has 0 aromatic heterocycles. The maximum atomic E-state index is 5.63. The number of guanidine groups is 1. The Morgan fingerprint density at radius 3 is 2.39 bits per heavy atom. The van der Waals surface area contributed by atoms with Crippen molar-refractivity contribution in [3.63, 3.8) is 0 Å². The van der Waals surface area contributed by atoms with E-state index in [2.05, 4.69) is 21.7 Å². The van der Waals surface area contributed by atoms with Gasteiger partial charge in [-0.05, 0) is 42.7 Å². The normalized spacial score (nSPS) is 10.6. The lowest BCUT2D eigenvalue weighted by molar-refractivity contribution is 0.310. The van der Waals surface area contributed by atoms with Crippen molar-refractivity contribution in [1.29, 1.82) is 0 Å². The highest BCUT2D eigenvalue weighted by molar-refractivity contribution is 14.0. The molecule has 6 nitrogen and oxygen atoms in total. The third kappa shape index (κ3) is 7.10. The number of para-hydroxylation sites is 1. The van der Waals surface area contributed by atoms with Gasteiger partial charge in [-0.2, -0.15) is 0 Å². The molecule has 2 aromatic carbocycles. The highest BCUT2D eigenvalue weighted by atomic mass is 127. The number of hydrogen-bond donors (Lipinski definition) is 2. The summed E-state index contributed by atoms with van der Waals surface area (Å²) >= 11 is 0. The average Bonchev–Trinajstić information content (AvgIpc) is 2.71. The zero-order chi connectivity index (χ0) is 19.5. The molecule has 7 heteroatoms. The van der Waals surface area contributed by atoms with Gasteiger partial charge in [0.05, 0.1) is 20.8 Å². The molecule has 2 rings (SSSR count). The van der Waals surface area contributed by atoms with Crippen LogP contribution in [0.2, 0.25) is 0 Å². The minimum atomic E-state index is 0. The van der Waals surface area contributed by atoms with Crippen LogP contribution < -0.4 is 24.8 Å². The molecule has 0 heterocycles. The number of ether oxygens (including phenoxy) is 3. The lowest BCUT2D eigenvalue weighted by Gasteiger charge is -2.14. The van der Waals surface area contributed by atoms with Crippen LogP contribution in [0.4, 0.5) is 0 Å². The van der Waals surface area contributed by atoms with Gasteiger partial charge >= 0.3 is 0 Å². The quantitative estimate of drug-likeness (QED) is 0.314. The SMILES string of the molecule is CCOc1cc(CNC(=NC)NCCc2ccccc2OC)ccc1OC.I. The maximum absolute atomic E-state index is 5.63. The smallest absolute Gasteiger partial charge is 0.191 e. The van der Waals surface area contributed by atoms with Crippen molar-refractivity contribution in [3.8, 4) is 17.2 Å². The second-order valence-corrected chi connectivity index (χ2v) is 5.83. The van der Waals surface area contributed by atoms with Crippen LogP contribution in [0.1, 0.15) is 18.1 Å². The fraction of sp³-hybridized carbons (Fsp3) is 0.381. The van der Waals surface area contributed by atoms with Crippen molar-refractivity contribution in [2.75, 3.05) is 34.4 Å². The molecule has 0 spiro atoms. The van der Waals surface area contributed by atoms with E-state index in [0.717, 1.165) is 41.7 Å². The summed E-state index contributed by atoms with van der Waals surface area (Å²) in [6, 6.07) is 13.9. The van der Waals surface area contributed by atoms with Crippen LogP contribution in [0, 0.1) is 0 Å². The molecule has 0 atom stereocenters. The first-order valence-corrected chi connectivity index (χ1v) is 9.08. The van der Waals surface area contributed by atoms with E-state index in [-0.39, 0.29) is 24.0 Å². The second kappa shape index (κ2) is 13.1. The molecule has 0 fully saturated rings. The van der Waals surface area contributed by atoms with Crippen LogP contribution in [-0.4, -0.2) is 40.4 Å². The summed E-state index contributed by atoms with van der Waals surface area (Å²) in [5, 5.41) is 6.65. The summed E-state index contributed by atoms with van der Waals surface area (Å²) in [4.78, 5) is 4.28. The van der Waals surface area contributed by atoms with E-state index in [9.17, 15) is 0 Å². The molecule has 154 valence electrons. The van der Waals surface area contributed by atoms with E-state index in [1.54, 1.807) is 21.3 Å². The van der Waals surface area contributed by atoms with Gasteiger partial charge in [0.1, 0.15) is 5.75 Å². The number of halogens is 1. The van der Waals surface area contributed by atoms with Gasteiger partial charge in [-0.25, -0.2) is 0 Å². The Kier molecular flexibility index (Phi) is 11.2. The van der Waals surface area contributed by atoms with Crippen LogP contribution in [0.15, 0.2) is 47.5 Å². The van der Waals surface area contributed by atoms with E-state index < -0.39 is 0 Å². The van der Waals surface area contributed by atoms with Gasteiger partial charge in [0.25, 0.3) is 0 Å². The standard InChI is InChI=1S/C21H29N3O3.HI/c1-5-27-20-14-16(10-11-19(20)26-4)15-24-21(22-2)23-13-12-17-8-6-7-9-18(17)25-3;/h6-11,14H,5,12-13,15H2,1-4H3,(H2,22,23,24);1H. The summed E-state index contributed by atoms with van der Waals surface area (Å²) in [7, 11) is 5.10. The number of nitrogens with zero attached hydrogens (tertiary/aromatic N) is 1. The Balaban J connectivity index is 0.00000392. The minimum Gasteiger partial charge on any atom is -0.496 e. The molecule has 0 unspecified atom stereocenters. The summed E-state index contributed by atoms with van der Waals surface area (Å²) in [6.07, 6.45) is 0.849. The number of benzene rings is 2.